The Labute approximate surface area is 281 Å². The summed E-state index contributed by atoms with van der Waals surface area (Å²) in [7, 11) is 2.10. The molecule has 0 atom stereocenters. The van der Waals surface area contributed by atoms with E-state index in [1.54, 1.807) is 12.2 Å². The van der Waals surface area contributed by atoms with E-state index in [2.05, 4.69) is 154 Å². The predicted molar refractivity (Wildman–Crippen MR) is 205 cm³/mol. The molecule has 0 amide bonds. The van der Waals surface area contributed by atoms with Gasteiger partial charge >= 0.3 is 0 Å². The number of para-hydroxylation sites is 4. The van der Waals surface area contributed by atoms with Gasteiger partial charge in [-0.2, -0.15) is 0 Å². The molecule has 0 fully saturated rings. The van der Waals surface area contributed by atoms with Gasteiger partial charge in [-0.3, -0.25) is 0 Å². The highest BCUT2D eigenvalue weighted by Crippen LogP contribution is 2.38. The molecule has 0 aliphatic rings. The highest BCUT2D eigenvalue weighted by atomic mass is 15.1. The Hall–Kier alpha value is -5.48. The zero-order chi connectivity index (χ0) is 33.8. The van der Waals surface area contributed by atoms with Crippen molar-refractivity contribution in [2.45, 2.75) is 40.0 Å². The topological polar surface area (TPSA) is 32.3 Å². The summed E-state index contributed by atoms with van der Waals surface area (Å²) < 4.78 is 0. The van der Waals surface area contributed by atoms with Crippen molar-refractivity contribution in [3.63, 3.8) is 0 Å². The summed E-state index contributed by atoms with van der Waals surface area (Å²) in [5, 5.41) is 0. The monoisotopic (exact) mass is 618 g/mol. The zero-order valence-electron chi connectivity index (χ0n) is 28.6. The molecule has 1 heterocycles. The molecule has 0 bridgehead atoms. The van der Waals surface area contributed by atoms with Gasteiger partial charge in [0.05, 0.1) is 22.4 Å². The number of anilines is 5. The molecule has 0 radical (unpaired) electrons. The molecule has 0 aliphatic heterocycles. The van der Waals surface area contributed by atoms with Crippen LogP contribution in [0.2, 0.25) is 0 Å². The summed E-state index contributed by atoms with van der Waals surface area (Å²) in [6.45, 7) is 17.1. The van der Waals surface area contributed by atoms with Crippen molar-refractivity contribution < 1.29 is 0 Å². The molecule has 0 spiro atoms. The first-order valence-electron chi connectivity index (χ1n) is 16.0. The van der Waals surface area contributed by atoms with E-state index in [9.17, 15) is 0 Å². The van der Waals surface area contributed by atoms with Crippen LogP contribution >= 0.6 is 0 Å². The molecule has 47 heavy (non-hydrogen) atoms. The van der Waals surface area contributed by atoms with E-state index in [0.717, 1.165) is 56.4 Å². The van der Waals surface area contributed by atoms with Gasteiger partial charge in [0, 0.05) is 46.5 Å². The smallest absolute Gasteiger partial charge is 0.0930 e. The summed E-state index contributed by atoms with van der Waals surface area (Å²) in [5.74, 6) is 0. The molecule has 0 unspecified atom stereocenters. The molecular weight excluding hydrogens is 573 g/mol. The summed E-state index contributed by atoms with van der Waals surface area (Å²) in [4.78, 5) is 14.6. The zero-order valence-corrected chi connectivity index (χ0v) is 28.6. The van der Waals surface area contributed by atoms with Crippen LogP contribution in [0.1, 0.15) is 40.3 Å². The first kappa shape index (κ1) is 34.4. The minimum atomic E-state index is -0.143. The lowest BCUT2D eigenvalue weighted by atomic mass is 9.88. The molecule has 5 aromatic carbocycles. The fourth-order valence-corrected chi connectivity index (χ4v) is 5.14. The van der Waals surface area contributed by atoms with Crippen LogP contribution in [0.15, 0.2) is 159 Å². The standard InChI is InChI=1S/C37H34N4.2C3H6/c1-37(2,3)36-35(38-33-17-11-12-18-34(33)39-36)27-19-21-31(22-20-27)41(30-15-9-6-10-16-30)32-25-23-29(24-26-32)40(4)28-13-7-5-8-14-28;2*1-3-2/h5-26H,1-4H3;2*3H,1H2,2H3. The highest BCUT2D eigenvalue weighted by Gasteiger charge is 2.23. The van der Waals surface area contributed by atoms with Crippen LogP contribution in [-0.2, 0) is 5.41 Å². The highest BCUT2D eigenvalue weighted by molar-refractivity contribution is 5.82. The Morgan fingerprint density at radius 1 is 0.511 bits per heavy atom. The average molecular weight is 619 g/mol. The normalized spacial score (nSPS) is 10.5. The van der Waals surface area contributed by atoms with Gasteiger partial charge in [0.25, 0.3) is 0 Å². The lowest BCUT2D eigenvalue weighted by molar-refractivity contribution is 0.571. The van der Waals surface area contributed by atoms with E-state index < -0.39 is 0 Å². The van der Waals surface area contributed by atoms with Crippen molar-refractivity contribution in [3.05, 3.63) is 164 Å². The van der Waals surface area contributed by atoms with Crippen LogP contribution in [0.3, 0.4) is 0 Å². The molecule has 6 aromatic rings. The van der Waals surface area contributed by atoms with Gasteiger partial charge in [0.1, 0.15) is 0 Å². The van der Waals surface area contributed by atoms with Crippen molar-refractivity contribution in [2.75, 3.05) is 16.8 Å². The van der Waals surface area contributed by atoms with Crippen LogP contribution in [0.4, 0.5) is 28.4 Å². The maximum atomic E-state index is 5.07. The number of hydrogen-bond donors (Lipinski definition) is 0. The number of nitrogens with zero attached hydrogens (tertiary/aromatic N) is 4. The van der Waals surface area contributed by atoms with Gasteiger partial charge in [0.15, 0.2) is 0 Å². The van der Waals surface area contributed by atoms with Gasteiger partial charge in [-0.1, -0.05) is 93.6 Å². The number of allylic oxidation sites excluding steroid dienone is 2. The summed E-state index contributed by atoms with van der Waals surface area (Å²) >= 11 is 0. The molecule has 0 saturated heterocycles. The van der Waals surface area contributed by atoms with E-state index in [1.165, 1.54) is 0 Å². The van der Waals surface area contributed by atoms with Crippen LogP contribution in [-0.4, -0.2) is 17.0 Å². The molecule has 4 nitrogen and oxygen atoms in total. The Morgan fingerprint density at radius 2 is 0.872 bits per heavy atom. The van der Waals surface area contributed by atoms with Gasteiger partial charge in [0.2, 0.25) is 0 Å². The molecule has 6 rings (SSSR count). The number of rotatable bonds is 6. The summed E-state index contributed by atoms with van der Waals surface area (Å²) in [6.07, 6.45) is 3.50. The summed E-state index contributed by atoms with van der Waals surface area (Å²) in [6, 6.07) is 46.4. The quantitative estimate of drug-likeness (QED) is 0.174. The van der Waals surface area contributed by atoms with Crippen LogP contribution in [0.5, 0.6) is 0 Å². The number of hydrogen-bond acceptors (Lipinski definition) is 4. The second-order valence-corrected chi connectivity index (χ2v) is 12.1. The molecule has 0 aliphatic carbocycles. The van der Waals surface area contributed by atoms with Crippen molar-refractivity contribution in [1.82, 2.24) is 9.97 Å². The van der Waals surface area contributed by atoms with Crippen molar-refractivity contribution >= 4 is 39.5 Å². The minimum Gasteiger partial charge on any atom is -0.345 e. The Balaban J connectivity index is 0.000000776. The van der Waals surface area contributed by atoms with Gasteiger partial charge in [-0.25, -0.2) is 9.97 Å². The fraction of sp³-hybridized carbons (Fsp3) is 0.163. The molecule has 4 heteroatoms. The first-order chi connectivity index (χ1) is 22.7. The van der Waals surface area contributed by atoms with E-state index >= 15 is 0 Å². The second kappa shape index (κ2) is 16.2. The fourth-order valence-electron chi connectivity index (χ4n) is 5.14. The van der Waals surface area contributed by atoms with E-state index in [1.807, 2.05) is 44.2 Å². The van der Waals surface area contributed by atoms with Gasteiger partial charge in [-0.15, -0.1) is 13.2 Å². The van der Waals surface area contributed by atoms with E-state index in [-0.39, 0.29) is 5.41 Å². The van der Waals surface area contributed by atoms with Gasteiger partial charge < -0.3 is 9.80 Å². The lowest BCUT2D eigenvalue weighted by Gasteiger charge is -2.27. The Kier molecular flexibility index (Phi) is 11.8. The molecule has 238 valence electrons. The molecule has 0 N–H and O–H groups in total. The molecule has 1 aromatic heterocycles. The third-order valence-electron chi connectivity index (χ3n) is 7.33. The third kappa shape index (κ3) is 8.62. The minimum absolute atomic E-state index is 0.143. The Morgan fingerprint density at radius 3 is 1.36 bits per heavy atom. The first-order valence-corrected chi connectivity index (χ1v) is 16.0. The van der Waals surface area contributed by atoms with Crippen LogP contribution in [0.25, 0.3) is 22.3 Å². The average Bonchev–Trinajstić information content (AvgIpc) is 3.09. The third-order valence-corrected chi connectivity index (χ3v) is 7.33. The largest absolute Gasteiger partial charge is 0.345 e. The van der Waals surface area contributed by atoms with Crippen molar-refractivity contribution in [3.8, 4) is 11.3 Å². The maximum Gasteiger partial charge on any atom is 0.0930 e. The summed E-state index contributed by atoms with van der Waals surface area (Å²) in [5.41, 5.74) is 10.2. The lowest BCUT2D eigenvalue weighted by Crippen LogP contribution is -2.16. The van der Waals surface area contributed by atoms with Crippen LogP contribution < -0.4 is 9.80 Å². The van der Waals surface area contributed by atoms with E-state index in [0.29, 0.717) is 0 Å². The van der Waals surface area contributed by atoms with Crippen molar-refractivity contribution in [2.24, 2.45) is 0 Å². The molecule has 0 saturated carbocycles. The number of benzene rings is 5. The van der Waals surface area contributed by atoms with Gasteiger partial charge in [-0.05, 0) is 86.6 Å². The molecular formula is C43H46N4. The van der Waals surface area contributed by atoms with Crippen LogP contribution in [0, 0.1) is 0 Å². The number of aromatic nitrogens is 2. The van der Waals surface area contributed by atoms with Crippen molar-refractivity contribution in [1.29, 1.82) is 0 Å². The number of fused-ring (bicyclic) bond motifs is 1. The SMILES string of the molecule is C=CC.C=CC.CN(c1ccccc1)c1ccc(N(c2ccccc2)c2ccc(-c3nc4ccccc4nc3C(C)(C)C)cc2)cc1. The Bertz CT molecular complexity index is 1850. The second-order valence-electron chi connectivity index (χ2n) is 12.1. The maximum absolute atomic E-state index is 5.07. The van der Waals surface area contributed by atoms with E-state index in [4.69, 9.17) is 9.97 Å². The predicted octanol–water partition coefficient (Wildman–Crippen LogP) is 12.2.